The highest BCUT2D eigenvalue weighted by atomic mass is 16.7. The molecule has 4 rings (SSSR count). The summed E-state index contributed by atoms with van der Waals surface area (Å²) >= 11 is 0. The highest BCUT2D eigenvalue weighted by Crippen LogP contribution is 2.37. The molecule has 0 unspecified atom stereocenters. The maximum atomic E-state index is 12.8. The molecule has 0 bridgehead atoms. The van der Waals surface area contributed by atoms with Crippen molar-refractivity contribution in [1.82, 2.24) is 5.01 Å². The molecule has 7 nitrogen and oxygen atoms in total. The van der Waals surface area contributed by atoms with Crippen molar-refractivity contribution in [1.29, 1.82) is 0 Å². The fourth-order valence-corrected chi connectivity index (χ4v) is 3.63. The summed E-state index contributed by atoms with van der Waals surface area (Å²) in [6.45, 7) is 2.21. The van der Waals surface area contributed by atoms with Gasteiger partial charge < -0.3 is 14.6 Å². The number of hydrazone groups is 1. The van der Waals surface area contributed by atoms with Gasteiger partial charge in [-0.15, -0.1) is 0 Å². The van der Waals surface area contributed by atoms with Crippen molar-refractivity contribution in [2.24, 2.45) is 5.10 Å². The average Bonchev–Trinajstić information content (AvgIpc) is 3.34. The van der Waals surface area contributed by atoms with Crippen molar-refractivity contribution in [2.75, 3.05) is 6.79 Å². The summed E-state index contributed by atoms with van der Waals surface area (Å²) < 4.78 is 10.8. The van der Waals surface area contributed by atoms with Crippen LogP contribution in [0.15, 0.2) is 47.6 Å². The average molecular weight is 394 g/mol. The fourth-order valence-electron chi connectivity index (χ4n) is 3.63. The van der Waals surface area contributed by atoms with Crippen molar-refractivity contribution >= 4 is 17.6 Å². The number of fused-ring (bicyclic) bond motifs is 1. The Labute approximate surface area is 168 Å². The number of ether oxygens (including phenoxy) is 2. The van der Waals surface area contributed by atoms with Crippen LogP contribution in [0.3, 0.4) is 0 Å². The van der Waals surface area contributed by atoms with Crippen LogP contribution in [0.4, 0.5) is 0 Å². The third-order valence-electron chi connectivity index (χ3n) is 5.08. The molecule has 2 aliphatic heterocycles. The highest BCUT2D eigenvalue weighted by molar-refractivity contribution is 6.03. The Morgan fingerprint density at radius 3 is 2.76 bits per heavy atom. The summed E-state index contributed by atoms with van der Waals surface area (Å²) in [5, 5.41) is 15.0. The molecule has 0 aromatic heterocycles. The van der Waals surface area contributed by atoms with E-state index in [0.717, 1.165) is 22.4 Å². The van der Waals surface area contributed by atoms with E-state index in [0.29, 0.717) is 24.3 Å². The van der Waals surface area contributed by atoms with E-state index in [-0.39, 0.29) is 31.6 Å². The maximum Gasteiger partial charge on any atom is 0.303 e. The van der Waals surface area contributed by atoms with E-state index in [1.165, 1.54) is 5.01 Å². The number of carbonyl (C=O) groups is 2. The molecule has 0 fully saturated rings. The first-order chi connectivity index (χ1) is 14.0. The van der Waals surface area contributed by atoms with Gasteiger partial charge >= 0.3 is 5.97 Å². The van der Waals surface area contributed by atoms with Gasteiger partial charge in [-0.25, -0.2) is 5.01 Å². The number of benzene rings is 2. The van der Waals surface area contributed by atoms with Crippen LogP contribution in [0.1, 0.15) is 48.4 Å². The van der Waals surface area contributed by atoms with Gasteiger partial charge in [0.25, 0.3) is 0 Å². The molecule has 2 aromatic rings. The van der Waals surface area contributed by atoms with Crippen LogP contribution in [-0.2, 0) is 9.59 Å². The predicted octanol–water partition coefficient (Wildman–Crippen LogP) is 3.66. The van der Waals surface area contributed by atoms with Gasteiger partial charge in [0.1, 0.15) is 0 Å². The van der Waals surface area contributed by atoms with Crippen molar-refractivity contribution in [3.05, 3.63) is 59.2 Å². The lowest BCUT2D eigenvalue weighted by Gasteiger charge is -2.22. The van der Waals surface area contributed by atoms with E-state index in [1.807, 2.05) is 43.3 Å². The number of aliphatic carboxylic acids is 1. The number of hydrogen-bond acceptors (Lipinski definition) is 5. The second-order valence-corrected chi connectivity index (χ2v) is 7.23. The van der Waals surface area contributed by atoms with E-state index in [1.54, 1.807) is 0 Å². The molecule has 1 N–H and O–H groups in total. The van der Waals surface area contributed by atoms with Gasteiger partial charge in [0.2, 0.25) is 12.7 Å². The Morgan fingerprint density at radius 2 is 1.97 bits per heavy atom. The van der Waals surface area contributed by atoms with Gasteiger partial charge in [0.05, 0.1) is 11.8 Å². The Hall–Kier alpha value is -3.35. The molecular formula is C22H22N2O5. The molecule has 0 spiro atoms. The van der Waals surface area contributed by atoms with Crippen molar-refractivity contribution in [2.45, 2.75) is 38.6 Å². The van der Waals surface area contributed by atoms with Crippen LogP contribution < -0.4 is 9.47 Å². The molecule has 1 atom stereocenters. The van der Waals surface area contributed by atoms with Crippen molar-refractivity contribution in [3.8, 4) is 11.5 Å². The van der Waals surface area contributed by atoms with Gasteiger partial charge in [-0.1, -0.05) is 29.8 Å². The standard InChI is InChI=1S/C22H22N2O5/c1-14-4-2-5-16(10-14)18-12-17(15-8-9-19-20(11-15)29-13-28-19)23-24(18)21(25)6-3-7-22(26)27/h2,4-5,8-11,18H,3,6-7,12-13H2,1H3,(H,26,27)/t18-/m1/s1. The topological polar surface area (TPSA) is 88.4 Å². The molecule has 7 heteroatoms. The molecular weight excluding hydrogens is 372 g/mol. The number of nitrogens with zero attached hydrogens (tertiary/aromatic N) is 2. The zero-order chi connectivity index (χ0) is 20.4. The summed E-state index contributed by atoms with van der Waals surface area (Å²) in [6, 6.07) is 13.5. The smallest absolute Gasteiger partial charge is 0.303 e. The Kier molecular flexibility index (Phi) is 5.20. The number of amides is 1. The van der Waals surface area contributed by atoms with Gasteiger partial charge in [0, 0.05) is 24.8 Å². The second-order valence-electron chi connectivity index (χ2n) is 7.23. The van der Waals surface area contributed by atoms with Gasteiger partial charge in [-0.3, -0.25) is 9.59 Å². The van der Waals surface area contributed by atoms with Crippen molar-refractivity contribution in [3.63, 3.8) is 0 Å². The SMILES string of the molecule is Cc1cccc([C@H]2CC(c3ccc4c(c3)OCO4)=NN2C(=O)CCCC(=O)O)c1. The minimum atomic E-state index is -0.904. The molecule has 2 aromatic carbocycles. The van der Waals surface area contributed by atoms with Crippen LogP contribution in [0.2, 0.25) is 0 Å². The number of aryl methyl sites for hydroxylation is 1. The van der Waals surface area contributed by atoms with E-state index in [2.05, 4.69) is 11.2 Å². The van der Waals surface area contributed by atoms with Crippen LogP contribution in [0.25, 0.3) is 0 Å². The Morgan fingerprint density at radius 1 is 1.14 bits per heavy atom. The van der Waals surface area contributed by atoms with Crippen LogP contribution in [0.5, 0.6) is 11.5 Å². The summed E-state index contributed by atoms with van der Waals surface area (Å²) in [5.41, 5.74) is 3.79. The lowest BCUT2D eigenvalue weighted by molar-refractivity contribution is -0.137. The molecule has 2 aliphatic rings. The van der Waals surface area contributed by atoms with Crippen LogP contribution in [-0.4, -0.2) is 34.5 Å². The van der Waals surface area contributed by atoms with E-state index in [9.17, 15) is 9.59 Å². The summed E-state index contributed by atoms with van der Waals surface area (Å²) in [4.78, 5) is 23.6. The molecule has 2 heterocycles. The summed E-state index contributed by atoms with van der Waals surface area (Å²) in [6.07, 6.45) is 0.980. The largest absolute Gasteiger partial charge is 0.481 e. The van der Waals surface area contributed by atoms with E-state index in [4.69, 9.17) is 14.6 Å². The van der Waals surface area contributed by atoms with Crippen LogP contribution in [0, 0.1) is 6.92 Å². The molecule has 0 aliphatic carbocycles. The molecule has 29 heavy (non-hydrogen) atoms. The number of carboxylic acid groups (broad SMARTS) is 1. The third kappa shape index (κ3) is 4.08. The zero-order valence-electron chi connectivity index (χ0n) is 16.1. The summed E-state index contributed by atoms with van der Waals surface area (Å²) in [7, 11) is 0. The summed E-state index contributed by atoms with van der Waals surface area (Å²) in [5.74, 6) is 0.292. The number of carboxylic acids is 1. The first kappa shape index (κ1) is 19.0. The normalized spacial score (nSPS) is 17.3. The monoisotopic (exact) mass is 394 g/mol. The number of hydrogen-bond donors (Lipinski definition) is 1. The minimum Gasteiger partial charge on any atom is -0.481 e. The molecule has 0 saturated heterocycles. The van der Waals surface area contributed by atoms with Gasteiger partial charge in [0.15, 0.2) is 11.5 Å². The molecule has 150 valence electrons. The third-order valence-corrected chi connectivity index (χ3v) is 5.08. The van der Waals surface area contributed by atoms with E-state index < -0.39 is 5.97 Å². The fraction of sp³-hybridized carbons (Fsp3) is 0.318. The number of carbonyl (C=O) groups excluding carboxylic acids is 1. The number of rotatable bonds is 6. The quantitative estimate of drug-likeness (QED) is 0.808. The highest BCUT2D eigenvalue weighted by Gasteiger charge is 2.33. The molecule has 1 amide bonds. The first-order valence-electron chi connectivity index (χ1n) is 9.59. The lowest BCUT2D eigenvalue weighted by atomic mass is 9.97. The first-order valence-corrected chi connectivity index (χ1v) is 9.59. The minimum absolute atomic E-state index is 0.0343. The molecule has 0 radical (unpaired) electrons. The lowest BCUT2D eigenvalue weighted by Crippen LogP contribution is -2.27. The van der Waals surface area contributed by atoms with Crippen LogP contribution >= 0.6 is 0 Å². The molecule has 0 saturated carbocycles. The maximum absolute atomic E-state index is 12.8. The van der Waals surface area contributed by atoms with Crippen molar-refractivity contribution < 1.29 is 24.2 Å². The van der Waals surface area contributed by atoms with Gasteiger partial charge in [-0.2, -0.15) is 5.10 Å². The Balaban J connectivity index is 1.61. The van der Waals surface area contributed by atoms with E-state index >= 15 is 0 Å². The zero-order valence-corrected chi connectivity index (χ0v) is 16.1. The predicted molar refractivity (Wildman–Crippen MR) is 106 cm³/mol. The van der Waals surface area contributed by atoms with Gasteiger partial charge in [-0.05, 0) is 37.1 Å². The second kappa shape index (κ2) is 7.95. The Bertz CT molecular complexity index is 985.